The van der Waals surface area contributed by atoms with Gasteiger partial charge < -0.3 is 9.40 Å². The first-order valence-corrected chi connectivity index (χ1v) is 3.67. The smallest absolute Gasteiger partial charge is 0.339 e. The second-order valence-electron chi connectivity index (χ2n) is 2.32. The molecule has 0 radical (unpaired) electrons. The van der Waals surface area contributed by atoms with Gasteiger partial charge in [0.1, 0.15) is 17.4 Å². The molecule has 0 atom stereocenters. The van der Waals surface area contributed by atoms with Crippen molar-refractivity contribution in [1.82, 2.24) is 0 Å². The van der Waals surface area contributed by atoms with Crippen LogP contribution >= 0.6 is 11.9 Å². The summed E-state index contributed by atoms with van der Waals surface area (Å²) in [5.74, 6) is -1.48. The summed E-state index contributed by atoms with van der Waals surface area (Å²) in [6.07, 6.45) is 0. The molecule has 6 nitrogen and oxygen atoms in total. The molecule has 0 saturated heterocycles. The van der Waals surface area contributed by atoms with Crippen LogP contribution in [0.4, 0.5) is 5.69 Å². The SMILES string of the molecule is O=C(O)c1cc([N+](=O)[O-])ccc1OCl. The summed E-state index contributed by atoms with van der Waals surface area (Å²) in [7, 11) is 0. The van der Waals surface area contributed by atoms with Crippen LogP contribution in [0.15, 0.2) is 18.2 Å². The van der Waals surface area contributed by atoms with Gasteiger partial charge in [0.2, 0.25) is 0 Å². The number of nitro benzene ring substituents is 1. The first kappa shape index (κ1) is 10.3. The minimum atomic E-state index is -1.34. The van der Waals surface area contributed by atoms with Gasteiger partial charge in [-0.15, -0.1) is 0 Å². The normalized spacial score (nSPS) is 9.50. The fourth-order valence-electron chi connectivity index (χ4n) is 0.866. The van der Waals surface area contributed by atoms with Gasteiger partial charge in [0.15, 0.2) is 5.75 Å². The van der Waals surface area contributed by atoms with Crippen molar-refractivity contribution in [2.45, 2.75) is 0 Å². The molecular weight excluding hydrogens is 214 g/mol. The van der Waals surface area contributed by atoms with Gasteiger partial charge >= 0.3 is 5.97 Å². The number of halogens is 1. The molecule has 0 aliphatic carbocycles. The molecule has 0 saturated carbocycles. The third kappa shape index (κ3) is 1.91. The van der Waals surface area contributed by atoms with E-state index < -0.39 is 10.9 Å². The average Bonchev–Trinajstić information content (AvgIpc) is 2.16. The maximum atomic E-state index is 10.6. The highest BCUT2D eigenvalue weighted by molar-refractivity contribution is 6.10. The van der Waals surface area contributed by atoms with Gasteiger partial charge in [-0.25, -0.2) is 4.79 Å². The molecule has 14 heavy (non-hydrogen) atoms. The minimum Gasteiger partial charge on any atom is -0.478 e. The van der Waals surface area contributed by atoms with E-state index in [1.165, 1.54) is 0 Å². The molecule has 0 aliphatic heterocycles. The Morgan fingerprint density at radius 1 is 1.57 bits per heavy atom. The van der Waals surface area contributed by atoms with Gasteiger partial charge in [0.05, 0.1) is 4.92 Å². The molecule has 0 amide bonds. The number of carboxylic acid groups (broad SMARTS) is 1. The monoisotopic (exact) mass is 217 g/mol. The van der Waals surface area contributed by atoms with Crippen LogP contribution in [0.3, 0.4) is 0 Å². The molecule has 1 aromatic carbocycles. The molecule has 0 aliphatic rings. The molecule has 1 aromatic rings. The highest BCUT2D eigenvalue weighted by Crippen LogP contribution is 2.24. The average molecular weight is 218 g/mol. The van der Waals surface area contributed by atoms with Gasteiger partial charge in [-0.1, -0.05) is 0 Å². The molecule has 1 rings (SSSR count). The molecule has 0 bridgehead atoms. The summed E-state index contributed by atoms with van der Waals surface area (Å²) < 4.78 is 4.21. The fourth-order valence-corrected chi connectivity index (χ4v) is 1.00. The molecule has 74 valence electrons. The van der Waals surface area contributed by atoms with Crippen LogP contribution in [-0.2, 0) is 0 Å². The molecule has 0 spiro atoms. The van der Waals surface area contributed by atoms with Crippen molar-refractivity contribution in [2.75, 3.05) is 0 Å². The number of hydrogen-bond acceptors (Lipinski definition) is 4. The Hall–Kier alpha value is -1.82. The Bertz CT molecular complexity index is 392. The van der Waals surface area contributed by atoms with E-state index in [0.717, 1.165) is 18.2 Å². The zero-order valence-corrected chi connectivity index (χ0v) is 7.39. The van der Waals surface area contributed by atoms with E-state index in [9.17, 15) is 14.9 Å². The predicted octanol–water partition coefficient (Wildman–Crippen LogP) is 1.83. The van der Waals surface area contributed by atoms with E-state index in [0.29, 0.717) is 0 Å². The summed E-state index contributed by atoms with van der Waals surface area (Å²) in [6.45, 7) is 0. The van der Waals surface area contributed by atoms with E-state index in [1.54, 1.807) is 0 Å². The fraction of sp³-hybridized carbons (Fsp3) is 0. The summed E-state index contributed by atoms with van der Waals surface area (Å²) >= 11 is 4.97. The third-order valence-corrected chi connectivity index (χ3v) is 1.65. The Morgan fingerprint density at radius 3 is 2.64 bits per heavy atom. The molecule has 0 aromatic heterocycles. The van der Waals surface area contributed by atoms with Crippen LogP contribution in [0.5, 0.6) is 5.75 Å². The third-order valence-electron chi connectivity index (χ3n) is 1.49. The van der Waals surface area contributed by atoms with E-state index in [-0.39, 0.29) is 17.0 Å². The molecule has 1 N–H and O–H groups in total. The summed E-state index contributed by atoms with van der Waals surface area (Å²) in [4.78, 5) is 20.2. The zero-order chi connectivity index (χ0) is 10.7. The predicted molar refractivity (Wildman–Crippen MR) is 46.5 cm³/mol. The lowest BCUT2D eigenvalue weighted by atomic mass is 10.2. The molecule has 0 heterocycles. The van der Waals surface area contributed by atoms with E-state index in [1.807, 2.05) is 0 Å². The number of benzene rings is 1. The number of aromatic carboxylic acids is 1. The largest absolute Gasteiger partial charge is 0.478 e. The lowest BCUT2D eigenvalue weighted by molar-refractivity contribution is -0.384. The number of nitrogens with zero attached hydrogens (tertiary/aromatic N) is 1. The van der Waals surface area contributed by atoms with Crippen LogP contribution < -0.4 is 4.29 Å². The Labute approximate surface area is 83.0 Å². The molecular formula is C7H4ClNO5. The topological polar surface area (TPSA) is 89.7 Å². The summed E-state index contributed by atoms with van der Waals surface area (Å²) in [5, 5.41) is 19.0. The van der Waals surface area contributed by atoms with Gasteiger partial charge in [0.25, 0.3) is 5.69 Å². The number of carboxylic acids is 1. The zero-order valence-electron chi connectivity index (χ0n) is 6.64. The Morgan fingerprint density at radius 2 is 2.21 bits per heavy atom. The van der Waals surface area contributed by atoms with Crippen molar-refractivity contribution in [3.05, 3.63) is 33.9 Å². The molecule has 0 fully saturated rings. The second-order valence-corrected chi connectivity index (χ2v) is 2.47. The lowest BCUT2D eigenvalue weighted by Gasteiger charge is -2.00. The number of carbonyl (C=O) groups is 1. The minimum absolute atomic E-state index is 0.134. The summed E-state index contributed by atoms with van der Waals surface area (Å²) in [6, 6.07) is 3.10. The molecule has 0 unspecified atom stereocenters. The van der Waals surface area contributed by atoms with Gasteiger partial charge in [-0.2, -0.15) is 0 Å². The van der Waals surface area contributed by atoms with Crippen molar-refractivity contribution in [3.63, 3.8) is 0 Å². The number of non-ortho nitro benzene ring substituents is 1. The van der Waals surface area contributed by atoms with Crippen LogP contribution in [0.2, 0.25) is 0 Å². The molecule has 7 heteroatoms. The first-order chi connectivity index (χ1) is 6.56. The summed E-state index contributed by atoms with van der Waals surface area (Å²) in [5.41, 5.74) is -0.686. The maximum absolute atomic E-state index is 10.6. The Kier molecular flexibility index (Phi) is 2.88. The van der Waals surface area contributed by atoms with Crippen molar-refractivity contribution in [2.24, 2.45) is 0 Å². The second kappa shape index (κ2) is 3.93. The van der Waals surface area contributed by atoms with Crippen molar-refractivity contribution < 1.29 is 19.1 Å². The van der Waals surface area contributed by atoms with Gasteiger partial charge in [-0.05, 0) is 6.07 Å². The number of rotatable bonds is 3. The van der Waals surface area contributed by atoms with Crippen LogP contribution in [0.1, 0.15) is 10.4 Å². The maximum Gasteiger partial charge on any atom is 0.339 e. The van der Waals surface area contributed by atoms with E-state index in [2.05, 4.69) is 4.29 Å². The van der Waals surface area contributed by atoms with Crippen LogP contribution in [0.25, 0.3) is 0 Å². The number of nitro groups is 1. The number of hydrogen-bond donors (Lipinski definition) is 1. The first-order valence-electron chi connectivity index (χ1n) is 3.36. The standard InChI is InChI=1S/C7H4ClNO5/c8-14-6-2-1-4(9(12)13)3-5(6)7(10)11/h1-3H,(H,10,11). The van der Waals surface area contributed by atoms with Crippen molar-refractivity contribution in [3.8, 4) is 5.75 Å². The van der Waals surface area contributed by atoms with E-state index in [4.69, 9.17) is 17.0 Å². The van der Waals surface area contributed by atoms with Crippen molar-refractivity contribution >= 4 is 23.5 Å². The highest BCUT2D eigenvalue weighted by Gasteiger charge is 2.16. The van der Waals surface area contributed by atoms with E-state index >= 15 is 0 Å². The lowest BCUT2D eigenvalue weighted by Crippen LogP contribution is -2.00. The Balaban J connectivity index is 3.27. The highest BCUT2D eigenvalue weighted by atomic mass is 35.5. The van der Waals surface area contributed by atoms with Crippen molar-refractivity contribution in [1.29, 1.82) is 0 Å². The van der Waals surface area contributed by atoms with Crippen LogP contribution in [0, 0.1) is 10.1 Å². The van der Waals surface area contributed by atoms with Gasteiger partial charge in [0, 0.05) is 12.1 Å². The van der Waals surface area contributed by atoms with Gasteiger partial charge in [-0.3, -0.25) is 10.1 Å². The van der Waals surface area contributed by atoms with Crippen LogP contribution in [-0.4, -0.2) is 16.0 Å². The quantitative estimate of drug-likeness (QED) is 0.616.